The van der Waals surface area contributed by atoms with Gasteiger partial charge in [0.15, 0.2) is 5.13 Å². The number of aromatic nitrogens is 1. The molecule has 0 aliphatic heterocycles. The summed E-state index contributed by atoms with van der Waals surface area (Å²) in [5.41, 5.74) is 4.89. The number of benzene rings is 2. The summed E-state index contributed by atoms with van der Waals surface area (Å²) in [6.07, 6.45) is 3.41. The molecule has 136 valence electrons. The van der Waals surface area contributed by atoms with Crippen LogP contribution in [0.2, 0.25) is 0 Å². The molecule has 1 N–H and O–H groups in total. The van der Waals surface area contributed by atoms with E-state index in [1.165, 1.54) is 35.0 Å². The van der Waals surface area contributed by atoms with Gasteiger partial charge in [-0.2, -0.15) is 0 Å². The predicted molar refractivity (Wildman–Crippen MR) is 105 cm³/mol. The Bertz CT molecular complexity index is 1060. The van der Waals surface area contributed by atoms with Crippen LogP contribution in [0.5, 0.6) is 0 Å². The fourth-order valence-corrected chi connectivity index (χ4v) is 4.16. The number of nitrogens with one attached hydrogen (secondary N) is 1. The third-order valence-electron chi connectivity index (χ3n) is 4.78. The van der Waals surface area contributed by atoms with Gasteiger partial charge in [-0.1, -0.05) is 24.3 Å². The molecule has 2 aromatic carbocycles. The molecule has 7 heteroatoms. The van der Waals surface area contributed by atoms with E-state index in [0.717, 1.165) is 24.1 Å². The number of fused-ring (bicyclic) bond motifs is 1. The van der Waals surface area contributed by atoms with E-state index in [0.29, 0.717) is 10.7 Å². The number of anilines is 1. The molecule has 1 aromatic heterocycles. The van der Waals surface area contributed by atoms with Crippen LogP contribution in [0.3, 0.4) is 0 Å². The second-order valence-corrected chi connectivity index (χ2v) is 7.42. The second kappa shape index (κ2) is 6.92. The SMILES string of the molecule is Cc1cccc(C(=O)Nc2nc(-c3ccc4c(c3)CCC4)cs2)c1[N+](=O)[O-]. The van der Waals surface area contributed by atoms with Crippen LogP contribution in [0.25, 0.3) is 11.3 Å². The van der Waals surface area contributed by atoms with Crippen LogP contribution in [-0.4, -0.2) is 15.8 Å². The largest absolute Gasteiger partial charge is 0.298 e. The minimum Gasteiger partial charge on any atom is -0.298 e. The molecule has 0 bridgehead atoms. The highest BCUT2D eigenvalue weighted by atomic mass is 32.1. The zero-order valence-corrected chi connectivity index (χ0v) is 15.5. The number of rotatable bonds is 4. The van der Waals surface area contributed by atoms with Crippen molar-refractivity contribution in [1.29, 1.82) is 0 Å². The molecular weight excluding hydrogens is 362 g/mol. The molecule has 0 spiro atoms. The van der Waals surface area contributed by atoms with Gasteiger partial charge in [0.25, 0.3) is 11.6 Å². The lowest BCUT2D eigenvalue weighted by molar-refractivity contribution is -0.385. The van der Waals surface area contributed by atoms with Gasteiger partial charge in [0.05, 0.1) is 10.6 Å². The molecule has 0 radical (unpaired) electrons. The summed E-state index contributed by atoms with van der Waals surface area (Å²) in [7, 11) is 0. The molecule has 1 amide bonds. The maximum atomic E-state index is 12.5. The summed E-state index contributed by atoms with van der Waals surface area (Å²) in [4.78, 5) is 27.8. The molecular formula is C20H17N3O3S. The number of para-hydroxylation sites is 1. The third-order valence-corrected chi connectivity index (χ3v) is 5.54. The van der Waals surface area contributed by atoms with E-state index in [1.807, 2.05) is 5.38 Å². The topological polar surface area (TPSA) is 85.1 Å². The highest BCUT2D eigenvalue weighted by molar-refractivity contribution is 7.14. The van der Waals surface area contributed by atoms with Crippen molar-refractivity contribution >= 4 is 28.1 Å². The quantitative estimate of drug-likeness (QED) is 0.523. The van der Waals surface area contributed by atoms with Crippen LogP contribution in [0, 0.1) is 17.0 Å². The number of nitrogens with zero attached hydrogens (tertiary/aromatic N) is 2. The minimum absolute atomic E-state index is 0.0364. The van der Waals surface area contributed by atoms with Crippen LogP contribution >= 0.6 is 11.3 Å². The standard InChI is InChI=1S/C20H17N3O3S/c1-12-4-2-7-16(18(12)23(25)26)19(24)22-20-21-17(11-27-20)15-9-8-13-5-3-6-14(13)10-15/h2,4,7-11H,3,5-6H2,1H3,(H,21,22,24). The summed E-state index contributed by atoms with van der Waals surface area (Å²) in [5, 5.41) is 16.3. The summed E-state index contributed by atoms with van der Waals surface area (Å²) < 4.78 is 0. The van der Waals surface area contributed by atoms with Crippen molar-refractivity contribution in [1.82, 2.24) is 4.98 Å². The maximum absolute atomic E-state index is 12.5. The highest BCUT2D eigenvalue weighted by Crippen LogP contribution is 2.31. The Morgan fingerprint density at radius 2 is 2.04 bits per heavy atom. The molecule has 0 atom stereocenters. The number of hydrogen-bond acceptors (Lipinski definition) is 5. The number of hydrogen-bond donors (Lipinski definition) is 1. The number of carbonyl (C=O) groups is 1. The van der Waals surface area contributed by atoms with Crippen LogP contribution in [0.15, 0.2) is 41.8 Å². The van der Waals surface area contributed by atoms with E-state index in [2.05, 4.69) is 28.5 Å². The van der Waals surface area contributed by atoms with E-state index in [-0.39, 0.29) is 11.3 Å². The molecule has 0 saturated heterocycles. The zero-order chi connectivity index (χ0) is 19.0. The van der Waals surface area contributed by atoms with Gasteiger partial charge in [0, 0.05) is 16.5 Å². The van der Waals surface area contributed by atoms with Crippen LogP contribution in [0.1, 0.15) is 33.5 Å². The van der Waals surface area contributed by atoms with Gasteiger partial charge >= 0.3 is 0 Å². The smallest absolute Gasteiger partial charge is 0.285 e. The van der Waals surface area contributed by atoms with Crippen molar-refractivity contribution in [2.45, 2.75) is 26.2 Å². The lowest BCUT2D eigenvalue weighted by atomic mass is 10.1. The van der Waals surface area contributed by atoms with Crippen molar-refractivity contribution in [3.63, 3.8) is 0 Å². The molecule has 1 heterocycles. The number of nitro groups is 1. The highest BCUT2D eigenvalue weighted by Gasteiger charge is 2.23. The van der Waals surface area contributed by atoms with Crippen molar-refractivity contribution in [2.24, 2.45) is 0 Å². The summed E-state index contributed by atoms with van der Waals surface area (Å²) in [6.45, 7) is 1.62. The van der Waals surface area contributed by atoms with Crippen molar-refractivity contribution in [2.75, 3.05) is 5.32 Å². The summed E-state index contributed by atoms with van der Waals surface area (Å²) >= 11 is 1.31. The van der Waals surface area contributed by atoms with Crippen LogP contribution < -0.4 is 5.32 Å². The summed E-state index contributed by atoms with van der Waals surface area (Å²) in [5.74, 6) is -0.528. The average Bonchev–Trinajstić information content (AvgIpc) is 3.29. The Hall–Kier alpha value is -3.06. The number of carbonyl (C=O) groups excluding carboxylic acids is 1. The first-order valence-corrected chi connectivity index (χ1v) is 9.54. The lowest BCUT2D eigenvalue weighted by Crippen LogP contribution is -2.14. The molecule has 4 rings (SSSR count). The Labute approximate surface area is 160 Å². The number of amides is 1. The fraction of sp³-hybridized carbons (Fsp3) is 0.200. The Morgan fingerprint density at radius 1 is 1.22 bits per heavy atom. The normalized spacial score (nSPS) is 12.6. The molecule has 0 unspecified atom stereocenters. The molecule has 1 aliphatic rings. The maximum Gasteiger partial charge on any atom is 0.285 e. The van der Waals surface area contributed by atoms with Gasteiger partial charge < -0.3 is 0 Å². The number of thiazole rings is 1. The monoisotopic (exact) mass is 379 g/mol. The van der Waals surface area contributed by atoms with Gasteiger partial charge in [-0.25, -0.2) is 4.98 Å². The first kappa shape index (κ1) is 17.4. The molecule has 6 nitrogen and oxygen atoms in total. The van der Waals surface area contributed by atoms with E-state index in [4.69, 9.17) is 0 Å². The van der Waals surface area contributed by atoms with E-state index in [1.54, 1.807) is 19.1 Å². The van der Waals surface area contributed by atoms with Crippen molar-refractivity contribution in [3.05, 3.63) is 74.1 Å². The molecule has 3 aromatic rings. The molecule has 1 aliphatic carbocycles. The Morgan fingerprint density at radius 3 is 2.85 bits per heavy atom. The first-order valence-electron chi connectivity index (χ1n) is 8.66. The lowest BCUT2D eigenvalue weighted by Gasteiger charge is -2.05. The number of aryl methyl sites for hydroxylation is 3. The van der Waals surface area contributed by atoms with Gasteiger partial charge in [-0.3, -0.25) is 20.2 Å². The van der Waals surface area contributed by atoms with Gasteiger partial charge in [0.2, 0.25) is 0 Å². The molecule has 27 heavy (non-hydrogen) atoms. The Kier molecular flexibility index (Phi) is 4.45. The molecule has 0 fully saturated rings. The second-order valence-electron chi connectivity index (χ2n) is 6.56. The van der Waals surface area contributed by atoms with Gasteiger partial charge in [-0.15, -0.1) is 11.3 Å². The van der Waals surface area contributed by atoms with E-state index in [9.17, 15) is 14.9 Å². The van der Waals surface area contributed by atoms with Crippen molar-refractivity contribution < 1.29 is 9.72 Å². The van der Waals surface area contributed by atoms with Gasteiger partial charge in [-0.05, 0) is 49.4 Å². The Balaban J connectivity index is 1.58. The van der Waals surface area contributed by atoms with Gasteiger partial charge in [0.1, 0.15) is 5.56 Å². The molecule has 0 saturated carbocycles. The third kappa shape index (κ3) is 3.33. The average molecular weight is 379 g/mol. The summed E-state index contributed by atoms with van der Waals surface area (Å²) in [6, 6.07) is 11.1. The van der Waals surface area contributed by atoms with E-state index < -0.39 is 10.8 Å². The van der Waals surface area contributed by atoms with Crippen LogP contribution in [-0.2, 0) is 12.8 Å². The zero-order valence-electron chi connectivity index (χ0n) is 14.7. The minimum atomic E-state index is -0.528. The number of nitro benzene ring substituents is 1. The van der Waals surface area contributed by atoms with Crippen LogP contribution in [0.4, 0.5) is 10.8 Å². The van der Waals surface area contributed by atoms with E-state index >= 15 is 0 Å². The van der Waals surface area contributed by atoms with Crippen molar-refractivity contribution in [3.8, 4) is 11.3 Å². The predicted octanol–water partition coefficient (Wildman–Crippen LogP) is 4.77. The first-order chi connectivity index (χ1) is 13.0. The fourth-order valence-electron chi connectivity index (χ4n) is 3.44.